The highest BCUT2D eigenvalue weighted by Gasteiger charge is 2.21. The lowest BCUT2D eigenvalue weighted by Crippen LogP contribution is -2.34. The summed E-state index contributed by atoms with van der Waals surface area (Å²) in [6.07, 6.45) is 0. The predicted molar refractivity (Wildman–Crippen MR) is 74.3 cm³/mol. The van der Waals surface area contributed by atoms with Crippen LogP contribution in [0.2, 0.25) is 0 Å². The van der Waals surface area contributed by atoms with Gasteiger partial charge in [-0.2, -0.15) is 0 Å². The zero-order valence-corrected chi connectivity index (χ0v) is 11.2. The summed E-state index contributed by atoms with van der Waals surface area (Å²) in [4.78, 5) is 0. The van der Waals surface area contributed by atoms with Gasteiger partial charge in [-0.05, 0) is 19.1 Å². The molecule has 20 heavy (non-hydrogen) atoms. The second-order valence-corrected chi connectivity index (χ2v) is 4.73. The van der Waals surface area contributed by atoms with Gasteiger partial charge in [0, 0.05) is 17.2 Å². The largest absolute Gasteiger partial charge is 0.395 e. The van der Waals surface area contributed by atoms with Crippen LogP contribution in [0.25, 0.3) is 0 Å². The number of aliphatic hydroxyl groups is 1. The van der Waals surface area contributed by atoms with Gasteiger partial charge >= 0.3 is 0 Å². The zero-order valence-electron chi connectivity index (χ0n) is 11.2. The Bertz CT molecular complexity index is 528. The average Bonchev–Trinajstić information content (AvgIpc) is 2.46. The van der Waals surface area contributed by atoms with E-state index in [1.54, 1.807) is 43.3 Å². The van der Waals surface area contributed by atoms with Crippen LogP contribution in [-0.4, -0.2) is 17.8 Å². The highest BCUT2D eigenvalue weighted by Crippen LogP contribution is 2.26. The lowest BCUT2D eigenvalue weighted by molar-refractivity contribution is 0.244. The molecule has 106 valence electrons. The van der Waals surface area contributed by atoms with Crippen molar-refractivity contribution in [3.8, 4) is 0 Å². The molecular formula is C16H17F2NO. The zero-order chi connectivity index (χ0) is 14.5. The minimum Gasteiger partial charge on any atom is -0.395 e. The molecule has 0 fully saturated rings. The normalized spacial score (nSPS) is 12.7. The molecule has 4 heteroatoms. The van der Waals surface area contributed by atoms with Crippen molar-refractivity contribution in [3.63, 3.8) is 0 Å². The summed E-state index contributed by atoms with van der Waals surface area (Å²) >= 11 is 0. The standard InChI is InChI=1S/C16H17F2NO/c1-11(10-20)19-16(12-6-2-4-8-14(12)17)13-7-3-5-9-15(13)18/h2-9,11,16,19-20H,10H2,1H3/t11-/m1/s1. The van der Waals surface area contributed by atoms with Gasteiger partial charge in [0.2, 0.25) is 0 Å². The minimum atomic E-state index is -0.639. The van der Waals surface area contributed by atoms with E-state index in [1.807, 2.05) is 0 Å². The van der Waals surface area contributed by atoms with Crippen LogP contribution in [0.4, 0.5) is 8.78 Å². The number of halogens is 2. The summed E-state index contributed by atoms with van der Waals surface area (Å²) in [5.41, 5.74) is 0.718. The van der Waals surface area contributed by atoms with Crippen LogP contribution >= 0.6 is 0 Å². The van der Waals surface area contributed by atoms with Gasteiger partial charge in [0.05, 0.1) is 12.6 Å². The highest BCUT2D eigenvalue weighted by atomic mass is 19.1. The fourth-order valence-corrected chi connectivity index (χ4v) is 2.10. The summed E-state index contributed by atoms with van der Waals surface area (Å²) in [6.45, 7) is 1.65. The van der Waals surface area contributed by atoms with Crippen molar-refractivity contribution in [1.29, 1.82) is 0 Å². The van der Waals surface area contributed by atoms with Gasteiger partial charge < -0.3 is 10.4 Å². The Balaban J connectivity index is 2.45. The Morgan fingerprint density at radius 3 is 1.80 bits per heavy atom. The molecule has 0 radical (unpaired) electrons. The number of benzene rings is 2. The van der Waals surface area contributed by atoms with Gasteiger partial charge in [-0.3, -0.25) is 0 Å². The SMILES string of the molecule is C[C@H](CO)NC(c1ccccc1F)c1ccccc1F. The van der Waals surface area contributed by atoms with E-state index in [0.717, 1.165) is 0 Å². The summed E-state index contributed by atoms with van der Waals surface area (Å²) < 4.78 is 28.0. The lowest BCUT2D eigenvalue weighted by atomic mass is 9.97. The Morgan fingerprint density at radius 1 is 0.950 bits per heavy atom. The van der Waals surface area contributed by atoms with Crippen molar-refractivity contribution in [2.24, 2.45) is 0 Å². The fourth-order valence-electron chi connectivity index (χ4n) is 2.10. The van der Waals surface area contributed by atoms with Gasteiger partial charge in [-0.25, -0.2) is 8.78 Å². The van der Waals surface area contributed by atoms with Gasteiger partial charge in [0.15, 0.2) is 0 Å². The van der Waals surface area contributed by atoms with Crippen molar-refractivity contribution < 1.29 is 13.9 Å². The van der Waals surface area contributed by atoms with Crippen molar-refractivity contribution in [3.05, 3.63) is 71.3 Å². The lowest BCUT2D eigenvalue weighted by Gasteiger charge is -2.24. The van der Waals surface area contributed by atoms with E-state index in [0.29, 0.717) is 11.1 Å². The predicted octanol–water partition coefficient (Wildman–Crippen LogP) is 3.02. The van der Waals surface area contributed by atoms with E-state index >= 15 is 0 Å². The number of nitrogens with one attached hydrogen (secondary N) is 1. The molecule has 2 aromatic rings. The molecule has 0 aliphatic heterocycles. The molecule has 0 spiro atoms. The molecule has 2 N–H and O–H groups in total. The number of hydrogen-bond acceptors (Lipinski definition) is 2. The third kappa shape index (κ3) is 3.21. The van der Waals surface area contributed by atoms with Crippen LogP contribution < -0.4 is 5.32 Å². The van der Waals surface area contributed by atoms with Crippen LogP contribution in [0, 0.1) is 11.6 Å². The third-order valence-corrected chi connectivity index (χ3v) is 3.16. The highest BCUT2D eigenvalue weighted by molar-refractivity contribution is 5.33. The Labute approximate surface area is 117 Å². The molecule has 0 heterocycles. The number of aliphatic hydroxyl groups excluding tert-OH is 1. The first-order valence-electron chi connectivity index (χ1n) is 6.49. The monoisotopic (exact) mass is 277 g/mol. The average molecular weight is 277 g/mol. The third-order valence-electron chi connectivity index (χ3n) is 3.16. The first kappa shape index (κ1) is 14.6. The van der Waals surface area contributed by atoms with Crippen molar-refractivity contribution >= 4 is 0 Å². The molecule has 0 amide bonds. The second kappa shape index (κ2) is 6.59. The van der Waals surface area contributed by atoms with E-state index in [9.17, 15) is 8.78 Å². The number of rotatable bonds is 5. The summed E-state index contributed by atoms with van der Waals surface area (Å²) in [5.74, 6) is -0.809. The molecule has 0 bridgehead atoms. The van der Waals surface area contributed by atoms with Gasteiger partial charge in [-0.1, -0.05) is 36.4 Å². The first-order chi connectivity index (χ1) is 9.63. The molecule has 0 aliphatic rings. The maximum Gasteiger partial charge on any atom is 0.128 e. The second-order valence-electron chi connectivity index (χ2n) is 4.73. The number of hydrogen-bond donors (Lipinski definition) is 2. The smallest absolute Gasteiger partial charge is 0.128 e. The summed E-state index contributed by atoms with van der Waals surface area (Å²) in [7, 11) is 0. The van der Waals surface area contributed by atoms with Crippen LogP contribution in [0.3, 0.4) is 0 Å². The quantitative estimate of drug-likeness (QED) is 0.880. The van der Waals surface area contributed by atoms with Crippen molar-refractivity contribution in [2.45, 2.75) is 19.0 Å². The molecule has 2 rings (SSSR count). The van der Waals surface area contributed by atoms with E-state index < -0.39 is 17.7 Å². The van der Waals surface area contributed by atoms with E-state index in [1.165, 1.54) is 12.1 Å². The van der Waals surface area contributed by atoms with E-state index in [2.05, 4.69) is 5.32 Å². The molecule has 0 saturated carbocycles. The molecular weight excluding hydrogens is 260 g/mol. The fraction of sp³-hybridized carbons (Fsp3) is 0.250. The van der Waals surface area contributed by atoms with Crippen molar-refractivity contribution in [1.82, 2.24) is 5.32 Å². The van der Waals surface area contributed by atoms with E-state index in [-0.39, 0.29) is 12.6 Å². The van der Waals surface area contributed by atoms with Crippen LogP contribution in [0.1, 0.15) is 24.1 Å². The summed E-state index contributed by atoms with van der Waals surface area (Å²) in [5, 5.41) is 12.2. The molecule has 1 atom stereocenters. The van der Waals surface area contributed by atoms with Gasteiger partial charge in [-0.15, -0.1) is 0 Å². The van der Waals surface area contributed by atoms with Gasteiger partial charge in [0.1, 0.15) is 11.6 Å². The van der Waals surface area contributed by atoms with Crippen LogP contribution in [0.15, 0.2) is 48.5 Å². The summed E-state index contributed by atoms with van der Waals surface area (Å²) in [6, 6.07) is 11.6. The van der Waals surface area contributed by atoms with Crippen molar-refractivity contribution in [2.75, 3.05) is 6.61 Å². The van der Waals surface area contributed by atoms with Crippen LogP contribution in [0.5, 0.6) is 0 Å². The Kier molecular flexibility index (Phi) is 4.82. The minimum absolute atomic E-state index is 0.112. The molecule has 0 aliphatic carbocycles. The Hall–Kier alpha value is -1.78. The maximum atomic E-state index is 14.0. The molecule has 0 unspecified atom stereocenters. The van der Waals surface area contributed by atoms with E-state index in [4.69, 9.17) is 5.11 Å². The molecule has 0 aromatic heterocycles. The molecule has 0 saturated heterocycles. The maximum absolute atomic E-state index is 14.0. The van der Waals surface area contributed by atoms with Crippen LogP contribution in [-0.2, 0) is 0 Å². The molecule has 2 aromatic carbocycles. The first-order valence-corrected chi connectivity index (χ1v) is 6.49. The Morgan fingerprint density at radius 2 is 1.40 bits per heavy atom. The van der Waals surface area contributed by atoms with Gasteiger partial charge in [0.25, 0.3) is 0 Å². The molecule has 2 nitrogen and oxygen atoms in total. The topological polar surface area (TPSA) is 32.3 Å².